The van der Waals surface area contributed by atoms with Crippen LogP contribution in [0.3, 0.4) is 0 Å². The first-order chi connectivity index (χ1) is 15.9. The Labute approximate surface area is 199 Å². The highest BCUT2D eigenvalue weighted by Crippen LogP contribution is 2.38. The van der Waals surface area contributed by atoms with Crippen molar-refractivity contribution in [2.45, 2.75) is 63.4 Å². The van der Waals surface area contributed by atoms with Crippen LogP contribution in [0.25, 0.3) is 6.08 Å². The first-order valence-corrected chi connectivity index (χ1v) is 14.0. The number of hydrogen-bond acceptors (Lipinski definition) is 7. The summed E-state index contributed by atoms with van der Waals surface area (Å²) in [6.45, 7) is 10.5. The molecule has 0 spiro atoms. The zero-order valence-corrected chi connectivity index (χ0v) is 21.1. The van der Waals surface area contributed by atoms with E-state index in [4.69, 9.17) is 13.9 Å². The summed E-state index contributed by atoms with van der Waals surface area (Å²) in [6, 6.07) is 10.4. The van der Waals surface area contributed by atoms with Gasteiger partial charge in [0.1, 0.15) is 12.2 Å². The van der Waals surface area contributed by atoms with Crippen molar-refractivity contribution in [1.29, 1.82) is 0 Å². The molecule has 1 aromatic heterocycles. The number of benzene rings is 1. The summed E-state index contributed by atoms with van der Waals surface area (Å²) in [5.74, 6) is -0.704. The molecule has 0 unspecified atom stereocenters. The fourth-order valence-electron chi connectivity index (χ4n) is 3.24. The maximum Gasteiger partial charge on any atom is 0.331 e. The van der Waals surface area contributed by atoms with Gasteiger partial charge in [0.2, 0.25) is 0 Å². The van der Waals surface area contributed by atoms with E-state index in [9.17, 15) is 19.5 Å². The molecule has 10 heteroatoms. The fourth-order valence-corrected chi connectivity index (χ4v) is 4.26. The molecule has 0 bridgehead atoms. The monoisotopic (exact) mass is 488 g/mol. The third-order valence-electron chi connectivity index (χ3n) is 6.32. The van der Waals surface area contributed by atoms with Gasteiger partial charge in [-0.2, -0.15) is 0 Å². The van der Waals surface area contributed by atoms with Gasteiger partial charge in [-0.15, -0.1) is 0 Å². The Morgan fingerprint density at radius 2 is 1.88 bits per heavy atom. The second-order valence-corrected chi connectivity index (χ2v) is 14.6. The lowest BCUT2D eigenvalue weighted by Crippen LogP contribution is -2.45. The molecule has 1 fully saturated rings. The maximum absolute atomic E-state index is 12.5. The molecule has 1 aliphatic heterocycles. The second kappa shape index (κ2) is 10.2. The van der Waals surface area contributed by atoms with Crippen LogP contribution in [-0.4, -0.2) is 53.9 Å². The Morgan fingerprint density at radius 3 is 2.50 bits per heavy atom. The van der Waals surface area contributed by atoms with Crippen LogP contribution in [0.1, 0.15) is 32.6 Å². The van der Waals surface area contributed by atoms with Crippen LogP contribution in [0.2, 0.25) is 18.1 Å². The third-order valence-corrected chi connectivity index (χ3v) is 10.8. The predicted molar refractivity (Wildman–Crippen MR) is 130 cm³/mol. The molecule has 184 valence electrons. The van der Waals surface area contributed by atoms with Crippen molar-refractivity contribution < 1.29 is 23.8 Å². The van der Waals surface area contributed by atoms with Crippen molar-refractivity contribution in [3.63, 3.8) is 0 Å². The molecule has 1 aromatic carbocycles. The minimum absolute atomic E-state index is 0.0556. The highest BCUT2D eigenvalue weighted by atomic mass is 28.4. The smallest absolute Gasteiger partial charge is 0.331 e. The van der Waals surface area contributed by atoms with Crippen LogP contribution in [0.5, 0.6) is 0 Å². The van der Waals surface area contributed by atoms with Crippen molar-refractivity contribution in [3.8, 4) is 0 Å². The van der Waals surface area contributed by atoms with E-state index in [-0.39, 0.29) is 11.6 Å². The molecule has 9 nitrogen and oxygen atoms in total. The van der Waals surface area contributed by atoms with Gasteiger partial charge in [0, 0.05) is 18.3 Å². The second-order valence-electron chi connectivity index (χ2n) is 9.79. The van der Waals surface area contributed by atoms with Gasteiger partial charge in [0.25, 0.3) is 5.56 Å². The minimum atomic E-state index is -2.15. The van der Waals surface area contributed by atoms with Crippen molar-refractivity contribution in [2.75, 3.05) is 6.61 Å². The Hall–Kier alpha value is -2.79. The van der Waals surface area contributed by atoms with Crippen LogP contribution in [0, 0.1) is 0 Å². The molecule has 0 amide bonds. The predicted octanol–water partition coefficient (Wildman–Crippen LogP) is 2.44. The number of aliphatic hydroxyl groups is 1. The maximum atomic E-state index is 12.5. The highest BCUT2D eigenvalue weighted by molar-refractivity contribution is 6.74. The Bertz CT molecular complexity index is 1130. The van der Waals surface area contributed by atoms with Gasteiger partial charge in [-0.05, 0) is 29.8 Å². The van der Waals surface area contributed by atoms with E-state index in [1.54, 1.807) is 6.08 Å². The van der Waals surface area contributed by atoms with E-state index >= 15 is 0 Å². The minimum Gasteiger partial charge on any atom is -0.451 e. The van der Waals surface area contributed by atoms with E-state index in [2.05, 4.69) is 38.8 Å². The summed E-state index contributed by atoms with van der Waals surface area (Å²) in [5, 5.41) is 10.9. The number of rotatable bonds is 7. The summed E-state index contributed by atoms with van der Waals surface area (Å²) in [7, 11) is -2.15. The normalized spacial score (nSPS) is 23.4. The standard InChI is InChI=1S/C24H32N2O7Si/c1-24(2,3)34(4,5)31-15-17-20(29)21(22(32-17)26-14-13-18(27)25-23(26)30)33-19(28)12-11-16-9-7-6-8-10-16/h6-14,17,20-22,29H,15H2,1-5H3,(H,25,27,30)/b12-11+/t17-,20-,21-,22-/m1/s1. The number of aromatic amines is 1. The molecule has 4 atom stereocenters. The number of aliphatic hydroxyl groups excluding tert-OH is 1. The van der Waals surface area contributed by atoms with Crippen LogP contribution in [0.15, 0.2) is 58.3 Å². The number of carbonyl (C=O) groups is 1. The SMILES string of the molecule is CC(C)(C)[Si](C)(C)OC[C@H]1O[C@@H](n2ccc(=O)[nH]c2=O)[C@H](OC(=O)/C=C/c2ccccc2)[C@@H]1O. The summed E-state index contributed by atoms with van der Waals surface area (Å²) in [6.07, 6.45) is -0.337. The van der Waals surface area contributed by atoms with Gasteiger partial charge in [-0.1, -0.05) is 51.1 Å². The molecule has 3 rings (SSSR count). The summed E-state index contributed by atoms with van der Waals surface area (Å²) >= 11 is 0. The average Bonchev–Trinajstić information content (AvgIpc) is 3.06. The van der Waals surface area contributed by atoms with E-state index in [0.29, 0.717) is 0 Å². The number of ether oxygens (including phenoxy) is 2. The number of nitrogens with one attached hydrogen (secondary N) is 1. The molecule has 34 heavy (non-hydrogen) atoms. The van der Waals surface area contributed by atoms with Crippen LogP contribution >= 0.6 is 0 Å². The molecule has 0 saturated carbocycles. The van der Waals surface area contributed by atoms with Crippen molar-refractivity contribution in [2.24, 2.45) is 0 Å². The number of H-pyrrole nitrogens is 1. The van der Waals surface area contributed by atoms with Gasteiger partial charge in [0.05, 0.1) is 6.61 Å². The number of esters is 1. The summed E-state index contributed by atoms with van der Waals surface area (Å²) < 4.78 is 18.8. The van der Waals surface area contributed by atoms with Crippen molar-refractivity contribution >= 4 is 20.4 Å². The van der Waals surface area contributed by atoms with E-state index < -0.39 is 50.1 Å². The molecule has 2 aromatic rings. The summed E-state index contributed by atoms with van der Waals surface area (Å²) in [4.78, 5) is 38.6. The number of aromatic nitrogens is 2. The van der Waals surface area contributed by atoms with Crippen LogP contribution in [0.4, 0.5) is 0 Å². The molecule has 1 saturated heterocycles. The largest absolute Gasteiger partial charge is 0.451 e. The lowest BCUT2D eigenvalue weighted by atomic mass is 10.1. The van der Waals surface area contributed by atoms with Gasteiger partial charge in [-0.25, -0.2) is 9.59 Å². The Kier molecular flexibility index (Phi) is 7.76. The number of hydrogen-bond donors (Lipinski definition) is 2. The van der Waals surface area contributed by atoms with Crippen molar-refractivity contribution in [3.05, 3.63) is 75.1 Å². The quantitative estimate of drug-likeness (QED) is 0.349. The lowest BCUT2D eigenvalue weighted by Gasteiger charge is -2.37. The lowest BCUT2D eigenvalue weighted by molar-refractivity contribution is -0.152. The molecule has 2 heterocycles. The van der Waals surface area contributed by atoms with Crippen LogP contribution < -0.4 is 11.2 Å². The number of nitrogens with zero attached hydrogens (tertiary/aromatic N) is 1. The fraction of sp³-hybridized carbons (Fsp3) is 0.458. The van der Waals surface area contributed by atoms with Gasteiger partial charge >= 0.3 is 11.7 Å². The number of carbonyl (C=O) groups excluding carboxylic acids is 1. The van der Waals surface area contributed by atoms with Crippen LogP contribution in [-0.2, 0) is 18.7 Å². The first kappa shape index (κ1) is 25.8. The van der Waals surface area contributed by atoms with E-state index in [1.165, 1.54) is 12.3 Å². The zero-order valence-electron chi connectivity index (χ0n) is 20.1. The average molecular weight is 489 g/mol. The highest BCUT2D eigenvalue weighted by Gasteiger charge is 2.49. The molecular weight excluding hydrogens is 456 g/mol. The Morgan fingerprint density at radius 1 is 1.21 bits per heavy atom. The molecule has 1 aliphatic rings. The van der Waals surface area contributed by atoms with Crippen molar-refractivity contribution in [1.82, 2.24) is 9.55 Å². The first-order valence-electron chi connectivity index (χ1n) is 11.1. The zero-order chi connectivity index (χ0) is 25.1. The van der Waals surface area contributed by atoms with Gasteiger partial charge in [0.15, 0.2) is 20.6 Å². The third kappa shape index (κ3) is 6.01. The summed E-state index contributed by atoms with van der Waals surface area (Å²) in [5.41, 5.74) is -0.509. The van der Waals surface area contributed by atoms with E-state index in [0.717, 1.165) is 16.2 Å². The Balaban J connectivity index is 1.82. The van der Waals surface area contributed by atoms with E-state index in [1.807, 2.05) is 30.3 Å². The molecular formula is C24H32N2O7Si. The molecule has 0 aliphatic carbocycles. The van der Waals surface area contributed by atoms with Gasteiger partial charge in [-0.3, -0.25) is 14.3 Å². The van der Waals surface area contributed by atoms with Gasteiger partial charge < -0.3 is 19.0 Å². The molecule has 2 N–H and O–H groups in total. The molecule has 0 radical (unpaired) electrons. The topological polar surface area (TPSA) is 120 Å².